The monoisotopic (exact) mass is 429 g/mol. The molecule has 2 aromatic heterocycles. The molecule has 2 atom stereocenters. The van der Waals surface area contributed by atoms with E-state index in [2.05, 4.69) is 15.3 Å². The van der Waals surface area contributed by atoms with E-state index in [0.717, 1.165) is 28.9 Å². The second kappa shape index (κ2) is 8.03. The van der Waals surface area contributed by atoms with Crippen LogP contribution >= 0.6 is 0 Å². The van der Waals surface area contributed by atoms with Crippen LogP contribution in [0.5, 0.6) is 0 Å². The largest absolute Gasteiger partial charge is 0.336 e. The number of nitrogens with zero attached hydrogens (tertiary/aromatic N) is 4. The van der Waals surface area contributed by atoms with Crippen LogP contribution in [0.2, 0.25) is 0 Å². The lowest BCUT2D eigenvalue weighted by atomic mass is 9.80. The Morgan fingerprint density at radius 2 is 1.84 bits per heavy atom. The Hall–Kier alpha value is -3.81. The van der Waals surface area contributed by atoms with Gasteiger partial charge in [-0.1, -0.05) is 12.1 Å². The van der Waals surface area contributed by atoms with Gasteiger partial charge < -0.3 is 14.8 Å². The van der Waals surface area contributed by atoms with Crippen molar-refractivity contribution in [2.75, 3.05) is 18.4 Å². The molecule has 0 unspecified atom stereocenters. The van der Waals surface area contributed by atoms with Crippen molar-refractivity contribution in [3.05, 3.63) is 76.7 Å². The van der Waals surface area contributed by atoms with Crippen LogP contribution in [0.1, 0.15) is 35.4 Å². The van der Waals surface area contributed by atoms with Crippen molar-refractivity contribution in [2.45, 2.75) is 25.8 Å². The molecule has 8 nitrogen and oxygen atoms in total. The SMILES string of the molecule is CC(=O)Nc1ccc(-c2ccc(=O)n3c2[C@H]2C[C@@H](CN(C(=O)c4cnccn4)C2)C3)cc1. The molecule has 5 rings (SSSR count). The molecule has 0 spiro atoms. The van der Waals surface area contributed by atoms with Gasteiger partial charge in [0.2, 0.25) is 5.91 Å². The van der Waals surface area contributed by atoms with E-state index in [1.807, 2.05) is 39.8 Å². The number of hydrogen-bond acceptors (Lipinski definition) is 5. The lowest BCUT2D eigenvalue weighted by Crippen LogP contribution is -2.49. The number of piperidine rings is 1. The summed E-state index contributed by atoms with van der Waals surface area (Å²) in [7, 11) is 0. The predicted octanol–water partition coefficient (Wildman–Crippen LogP) is 2.52. The van der Waals surface area contributed by atoms with E-state index in [9.17, 15) is 14.4 Å². The van der Waals surface area contributed by atoms with E-state index >= 15 is 0 Å². The zero-order valence-corrected chi connectivity index (χ0v) is 17.7. The van der Waals surface area contributed by atoms with Crippen LogP contribution in [0, 0.1) is 5.92 Å². The topological polar surface area (TPSA) is 97.2 Å². The smallest absolute Gasteiger partial charge is 0.274 e. The van der Waals surface area contributed by atoms with Gasteiger partial charge in [0, 0.05) is 67.9 Å². The van der Waals surface area contributed by atoms with Crippen LogP contribution in [0.25, 0.3) is 11.1 Å². The molecule has 0 aliphatic carbocycles. The van der Waals surface area contributed by atoms with Gasteiger partial charge in [-0.15, -0.1) is 0 Å². The van der Waals surface area contributed by atoms with Crippen molar-refractivity contribution in [1.82, 2.24) is 19.4 Å². The van der Waals surface area contributed by atoms with Crippen molar-refractivity contribution < 1.29 is 9.59 Å². The Kier molecular flexibility index (Phi) is 5.05. The molecule has 8 heteroatoms. The molecule has 2 aliphatic rings. The molecule has 3 aromatic rings. The van der Waals surface area contributed by atoms with Crippen LogP contribution in [-0.2, 0) is 11.3 Å². The normalized spacial score (nSPS) is 19.2. The second-order valence-corrected chi connectivity index (χ2v) is 8.44. The number of benzene rings is 1. The number of fused-ring (bicyclic) bond motifs is 4. The molecule has 162 valence electrons. The molecule has 0 saturated carbocycles. The molecule has 32 heavy (non-hydrogen) atoms. The minimum Gasteiger partial charge on any atom is -0.336 e. The third-order valence-corrected chi connectivity index (χ3v) is 6.18. The second-order valence-electron chi connectivity index (χ2n) is 8.44. The van der Waals surface area contributed by atoms with Gasteiger partial charge in [0.1, 0.15) is 5.69 Å². The standard InChI is InChI=1S/C24H23N5O3/c1-15(30)27-19-4-2-17(3-5-19)20-6-7-22(31)29-13-16-10-18(23(20)29)14-28(12-16)24(32)21-11-25-8-9-26-21/h2-9,11,16,18H,10,12-14H2,1H3,(H,27,30)/t16-,18-/m0/s1. The summed E-state index contributed by atoms with van der Waals surface area (Å²) in [4.78, 5) is 47.1. The average molecular weight is 429 g/mol. The Bertz CT molecular complexity index is 1240. The van der Waals surface area contributed by atoms with E-state index in [1.165, 1.54) is 19.3 Å². The van der Waals surface area contributed by atoms with Crippen molar-refractivity contribution in [3.8, 4) is 11.1 Å². The van der Waals surface area contributed by atoms with Crippen LogP contribution in [-0.4, -0.2) is 44.3 Å². The molecular formula is C24H23N5O3. The highest BCUT2D eigenvalue weighted by atomic mass is 16.2. The third kappa shape index (κ3) is 3.68. The minimum atomic E-state index is -0.124. The Morgan fingerprint density at radius 1 is 1.03 bits per heavy atom. The number of carbonyl (C=O) groups excluding carboxylic acids is 2. The van der Waals surface area contributed by atoms with Gasteiger partial charge in [0.15, 0.2) is 0 Å². The number of nitrogens with one attached hydrogen (secondary N) is 1. The predicted molar refractivity (Wildman–Crippen MR) is 119 cm³/mol. The number of aromatic nitrogens is 3. The summed E-state index contributed by atoms with van der Waals surface area (Å²) in [6, 6.07) is 11.1. The molecule has 4 heterocycles. The maximum atomic E-state index is 13.0. The van der Waals surface area contributed by atoms with Gasteiger partial charge in [-0.2, -0.15) is 0 Å². The average Bonchev–Trinajstić information content (AvgIpc) is 2.80. The summed E-state index contributed by atoms with van der Waals surface area (Å²) in [5.41, 5.74) is 3.97. The number of pyridine rings is 1. The molecule has 2 amide bonds. The summed E-state index contributed by atoms with van der Waals surface area (Å²) >= 11 is 0. The molecule has 1 saturated heterocycles. The van der Waals surface area contributed by atoms with Crippen molar-refractivity contribution >= 4 is 17.5 Å². The number of carbonyl (C=O) groups is 2. The van der Waals surface area contributed by atoms with Crippen LogP contribution < -0.4 is 10.9 Å². The lowest BCUT2D eigenvalue weighted by molar-refractivity contribution is -0.114. The summed E-state index contributed by atoms with van der Waals surface area (Å²) in [5, 5.41) is 2.77. The summed E-state index contributed by atoms with van der Waals surface area (Å²) < 4.78 is 1.88. The Labute approximate surface area is 184 Å². The number of amides is 2. The van der Waals surface area contributed by atoms with Gasteiger partial charge in [0.25, 0.3) is 11.5 Å². The van der Waals surface area contributed by atoms with Crippen molar-refractivity contribution in [3.63, 3.8) is 0 Å². The van der Waals surface area contributed by atoms with E-state index in [1.54, 1.807) is 12.3 Å². The van der Waals surface area contributed by atoms with Crippen LogP contribution in [0.15, 0.2) is 59.8 Å². The highest BCUT2D eigenvalue weighted by molar-refractivity contribution is 5.92. The molecule has 0 radical (unpaired) electrons. The van der Waals surface area contributed by atoms with Crippen molar-refractivity contribution in [2.24, 2.45) is 5.92 Å². The van der Waals surface area contributed by atoms with Crippen LogP contribution in [0.4, 0.5) is 5.69 Å². The maximum Gasteiger partial charge on any atom is 0.274 e. The lowest BCUT2D eigenvalue weighted by Gasteiger charge is -2.43. The fourth-order valence-corrected chi connectivity index (χ4v) is 4.93. The minimum absolute atomic E-state index is 0.0120. The Morgan fingerprint density at radius 3 is 2.56 bits per heavy atom. The van der Waals surface area contributed by atoms with E-state index in [0.29, 0.717) is 25.3 Å². The molecule has 2 bridgehead atoms. The Balaban J connectivity index is 1.50. The number of likely N-dealkylation sites (tertiary alicyclic amines) is 1. The van der Waals surface area contributed by atoms with E-state index in [-0.39, 0.29) is 29.2 Å². The molecule has 2 aliphatic heterocycles. The molecule has 1 N–H and O–H groups in total. The van der Waals surface area contributed by atoms with Gasteiger partial charge in [0.05, 0.1) is 6.20 Å². The van der Waals surface area contributed by atoms with Gasteiger partial charge in [-0.25, -0.2) is 4.98 Å². The first-order valence-corrected chi connectivity index (χ1v) is 10.7. The summed E-state index contributed by atoms with van der Waals surface area (Å²) in [6.45, 7) is 3.20. The summed E-state index contributed by atoms with van der Waals surface area (Å²) in [6.07, 6.45) is 5.50. The highest BCUT2D eigenvalue weighted by Crippen LogP contribution is 2.40. The van der Waals surface area contributed by atoms with Gasteiger partial charge in [-0.3, -0.25) is 19.4 Å². The summed E-state index contributed by atoms with van der Waals surface area (Å²) in [5.74, 6) is 0.0299. The zero-order chi connectivity index (χ0) is 22.2. The van der Waals surface area contributed by atoms with Gasteiger partial charge >= 0.3 is 0 Å². The van der Waals surface area contributed by atoms with Crippen molar-refractivity contribution in [1.29, 1.82) is 0 Å². The fraction of sp³-hybridized carbons (Fsp3) is 0.292. The van der Waals surface area contributed by atoms with Crippen LogP contribution in [0.3, 0.4) is 0 Å². The quantitative estimate of drug-likeness (QED) is 0.690. The fourth-order valence-electron chi connectivity index (χ4n) is 4.93. The third-order valence-electron chi connectivity index (χ3n) is 6.18. The zero-order valence-electron chi connectivity index (χ0n) is 17.7. The first-order chi connectivity index (χ1) is 15.5. The molecule has 1 aromatic carbocycles. The number of anilines is 1. The molecule has 1 fully saturated rings. The first kappa shape index (κ1) is 20.1. The van der Waals surface area contributed by atoms with E-state index < -0.39 is 0 Å². The number of rotatable bonds is 3. The maximum absolute atomic E-state index is 13.0. The van der Waals surface area contributed by atoms with Gasteiger partial charge in [-0.05, 0) is 36.1 Å². The van der Waals surface area contributed by atoms with E-state index in [4.69, 9.17) is 0 Å². The number of hydrogen-bond donors (Lipinski definition) is 1. The molecular weight excluding hydrogens is 406 g/mol. The highest BCUT2D eigenvalue weighted by Gasteiger charge is 2.38. The first-order valence-electron chi connectivity index (χ1n) is 10.7.